The molecule has 1 saturated heterocycles. The molecule has 3 aromatic carbocycles. The second-order valence-corrected chi connectivity index (χ2v) is 8.72. The van der Waals surface area contributed by atoms with Crippen LogP contribution in [0.4, 0.5) is 17.1 Å². The van der Waals surface area contributed by atoms with Crippen molar-refractivity contribution in [3.8, 4) is 5.75 Å². The van der Waals surface area contributed by atoms with E-state index < -0.39 is 0 Å². The predicted molar refractivity (Wildman–Crippen MR) is 131 cm³/mol. The topological polar surface area (TPSA) is 61.9 Å². The molecule has 7 heteroatoms. The first-order chi connectivity index (χ1) is 15.5. The van der Waals surface area contributed by atoms with Gasteiger partial charge in [-0.2, -0.15) is 0 Å². The molecule has 0 bridgehead atoms. The molecule has 2 amide bonds. The van der Waals surface area contributed by atoms with Crippen molar-refractivity contribution in [3.05, 3.63) is 83.9 Å². The fourth-order valence-electron chi connectivity index (χ4n) is 3.60. The molecule has 0 saturated carbocycles. The van der Waals surface area contributed by atoms with Crippen LogP contribution in [0.5, 0.6) is 5.75 Å². The Hall–Kier alpha value is -3.45. The number of ether oxygens (including phenoxy) is 1. The molecule has 0 radical (unpaired) electrons. The smallest absolute Gasteiger partial charge is 0.255 e. The molecule has 0 spiro atoms. The number of nitrogens with zero attached hydrogens (tertiary/aromatic N) is 2. The first-order valence-electron chi connectivity index (χ1n) is 10.2. The molecule has 1 heterocycles. The number of thioether (sulfide) groups is 1. The number of anilines is 3. The number of rotatable bonds is 6. The fraction of sp³-hybridized carbons (Fsp3) is 0.200. The molecule has 32 heavy (non-hydrogen) atoms. The molecule has 0 aliphatic carbocycles. The summed E-state index contributed by atoms with van der Waals surface area (Å²) in [5, 5.41) is 2.79. The maximum absolute atomic E-state index is 12.7. The van der Waals surface area contributed by atoms with E-state index in [1.807, 2.05) is 72.4 Å². The van der Waals surface area contributed by atoms with Gasteiger partial charge in [0.2, 0.25) is 5.91 Å². The van der Waals surface area contributed by atoms with Crippen LogP contribution in [-0.4, -0.2) is 38.8 Å². The van der Waals surface area contributed by atoms with Crippen LogP contribution in [0.2, 0.25) is 0 Å². The Morgan fingerprint density at radius 3 is 2.53 bits per heavy atom. The number of carbonyl (C=O) groups excluding carboxylic acids is 2. The summed E-state index contributed by atoms with van der Waals surface area (Å²) in [5.41, 5.74) is 4.09. The van der Waals surface area contributed by atoms with Crippen molar-refractivity contribution in [1.82, 2.24) is 0 Å². The highest BCUT2D eigenvalue weighted by molar-refractivity contribution is 8.00. The first kappa shape index (κ1) is 21.8. The number of hydrogen-bond donors (Lipinski definition) is 1. The quantitative estimate of drug-likeness (QED) is 0.589. The minimum Gasteiger partial charge on any atom is -0.497 e. The van der Waals surface area contributed by atoms with Gasteiger partial charge in [0.15, 0.2) is 0 Å². The van der Waals surface area contributed by atoms with Gasteiger partial charge >= 0.3 is 0 Å². The van der Waals surface area contributed by atoms with Gasteiger partial charge in [0.25, 0.3) is 5.91 Å². The number of benzene rings is 3. The van der Waals surface area contributed by atoms with E-state index in [-0.39, 0.29) is 17.2 Å². The minimum atomic E-state index is -0.215. The van der Waals surface area contributed by atoms with Crippen molar-refractivity contribution >= 4 is 40.6 Å². The van der Waals surface area contributed by atoms with Crippen LogP contribution in [0, 0.1) is 0 Å². The lowest BCUT2D eigenvalue weighted by molar-refractivity contribution is -0.115. The van der Waals surface area contributed by atoms with E-state index in [1.54, 1.807) is 43.1 Å². The zero-order valence-electron chi connectivity index (χ0n) is 18.2. The Balaban J connectivity index is 1.56. The molecule has 0 unspecified atom stereocenters. The van der Waals surface area contributed by atoms with Crippen LogP contribution in [0.15, 0.2) is 72.8 Å². The Kier molecular flexibility index (Phi) is 6.37. The molecular formula is C25H25N3O3S. The van der Waals surface area contributed by atoms with Crippen molar-refractivity contribution in [2.45, 2.75) is 5.37 Å². The van der Waals surface area contributed by atoms with Crippen molar-refractivity contribution in [3.63, 3.8) is 0 Å². The number of amides is 2. The van der Waals surface area contributed by atoms with E-state index in [1.165, 1.54) is 0 Å². The highest BCUT2D eigenvalue weighted by Gasteiger charge is 2.34. The molecule has 0 aromatic heterocycles. The summed E-state index contributed by atoms with van der Waals surface area (Å²) >= 11 is 1.58. The molecule has 6 nitrogen and oxygen atoms in total. The molecule has 4 rings (SSSR count). The third-order valence-electron chi connectivity index (χ3n) is 5.27. The second-order valence-electron chi connectivity index (χ2n) is 7.65. The maximum atomic E-state index is 12.7. The average Bonchev–Trinajstić information content (AvgIpc) is 3.20. The standard InChI is InChI=1S/C25H25N3O3S/c1-27(2)20-10-12-21(13-11-20)28-23(29)16-32-25(28)18-7-4-8-19(14-18)26-24(30)17-6-5-9-22(15-17)31-3/h4-15,25H,16H2,1-3H3,(H,26,30)/t25-/m0/s1. The molecule has 3 aromatic rings. The number of nitrogens with one attached hydrogen (secondary N) is 1. The summed E-state index contributed by atoms with van der Waals surface area (Å²) in [6.45, 7) is 0. The summed E-state index contributed by atoms with van der Waals surface area (Å²) in [4.78, 5) is 29.2. The molecule has 1 N–H and O–H groups in total. The van der Waals surface area contributed by atoms with E-state index in [2.05, 4.69) is 5.32 Å². The SMILES string of the molecule is COc1cccc(C(=O)Nc2cccc([C@@H]3SCC(=O)N3c3ccc(N(C)C)cc3)c2)c1. The normalized spacial score (nSPS) is 15.5. The monoisotopic (exact) mass is 447 g/mol. The highest BCUT2D eigenvalue weighted by atomic mass is 32.2. The van der Waals surface area contributed by atoms with Crippen LogP contribution in [0.25, 0.3) is 0 Å². The fourth-order valence-corrected chi connectivity index (χ4v) is 4.77. The van der Waals surface area contributed by atoms with Crippen LogP contribution in [0.3, 0.4) is 0 Å². The van der Waals surface area contributed by atoms with Gasteiger partial charge in [0.05, 0.1) is 12.9 Å². The zero-order valence-corrected chi connectivity index (χ0v) is 19.1. The Morgan fingerprint density at radius 1 is 1.06 bits per heavy atom. The van der Waals surface area contributed by atoms with Crippen molar-refractivity contribution in [1.29, 1.82) is 0 Å². The Morgan fingerprint density at radius 2 is 1.81 bits per heavy atom. The highest BCUT2D eigenvalue weighted by Crippen LogP contribution is 2.42. The van der Waals surface area contributed by atoms with Crippen LogP contribution < -0.4 is 19.9 Å². The second kappa shape index (κ2) is 9.36. The van der Waals surface area contributed by atoms with E-state index in [0.717, 1.165) is 16.9 Å². The van der Waals surface area contributed by atoms with Gasteiger partial charge in [-0.15, -0.1) is 11.8 Å². The third kappa shape index (κ3) is 4.57. The lowest BCUT2D eigenvalue weighted by Gasteiger charge is -2.25. The van der Waals surface area contributed by atoms with E-state index in [9.17, 15) is 9.59 Å². The van der Waals surface area contributed by atoms with Gasteiger partial charge in [0.1, 0.15) is 11.1 Å². The van der Waals surface area contributed by atoms with Gasteiger partial charge in [-0.3, -0.25) is 14.5 Å². The molecule has 1 aliphatic heterocycles. The van der Waals surface area contributed by atoms with Gasteiger partial charge < -0.3 is 15.0 Å². The van der Waals surface area contributed by atoms with E-state index in [0.29, 0.717) is 22.8 Å². The average molecular weight is 448 g/mol. The Bertz CT molecular complexity index is 1130. The van der Waals surface area contributed by atoms with Gasteiger partial charge in [-0.25, -0.2) is 0 Å². The van der Waals surface area contributed by atoms with Crippen LogP contribution in [0.1, 0.15) is 21.3 Å². The summed E-state index contributed by atoms with van der Waals surface area (Å²) in [7, 11) is 5.54. The van der Waals surface area contributed by atoms with Gasteiger partial charge in [0, 0.05) is 36.7 Å². The Labute approximate surface area is 192 Å². The van der Waals surface area contributed by atoms with Gasteiger partial charge in [-0.1, -0.05) is 18.2 Å². The molecular weight excluding hydrogens is 422 g/mol. The molecule has 164 valence electrons. The summed E-state index contributed by atoms with van der Waals surface area (Å²) in [5.74, 6) is 0.902. The number of methoxy groups -OCH3 is 1. The lowest BCUT2D eigenvalue weighted by atomic mass is 10.1. The number of carbonyl (C=O) groups is 2. The molecule has 1 aliphatic rings. The van der Waals surface area contributed by atoms with Crippen molar-refractivity contribution in [2.75, 3.05) is 42.1 Å². The van der Waals surface area contributed by atoms with E-state index in [4.69, 9.17) is 4.74 Å². The predicted octanol–water partition coefficient (Wildman–Crippen LogP) is 4.79. The maximum Gasteiger partial charge on any atom is 0.255 e. The lowest BCUT2D eigenvalue weighted by Crippen LogP contribution is -2.27. The van der Waals surface area contributed by atoms with Crippen LogP contribution in [-0.2, 0) is 4.79 Å². The molecule has 1 fully saturated rings. The first-order valence-corrected chi connectivity index (χ1v) is 11.3. The van der Waals surface area contributed by atoms with Crippen molar-refractivity contribution in [2.24, 2.45) is 0 Å². The van der Waals surface area contributed by atoms with Crippen LogP contribution >= 0.6 is 11.8 Å². The summed E-state index contributed by atoms with van der Waals surface area (Å²) in [6, 6.07) is 22.6. The van der Waals surface area contributed by atoms with Gasteiger partial charge in [-0.05, 0) is 60.2 Å². The van der Waals surface area contributed by atoms with E-state index >= 15 is 0 Å². The number of hydrogen-bond acceptors (Lipinski definition) is 5. The summed E-state index contributed by atoms with van der Waals surface area (Å²) in [6.07, 6.45) is 0. The molecule has 1 atom stereocenters. The van der Waals surface area contributed by atoms with Crippen molar-refractivity contribution < 1.29 is 14.3 Å². The summed E-state index contributed by atoms with van der Waals surface area (Å²) < 4.78 is 5.20. The minimum absolute atomic E-state index is 0.0726. The third-order valence-corrected chi connectivity index (χ3v) is 6.49. The zero-order chi connectivity index (χ0) is 22.7. The largest absolute Gasteiger partial charge is 0.497 e.